The highest BCUT2D eigenvalue weighted by atomic mass is 79.9. The van der Waals surface area contributed by atoms with Crippen LogP contribution in [0.3, 0.4) is 0 Å². The van der Waals surface area contributed by atoms with E-state index in [1.165, 1.54) is 7.11 Å². The normalized spacial score (nSPS) is 16.0. The Kier molecular flexibility index (Phi) is 10.4. The summed E-state index contributed by atoms with van der Waals surface area (Å²) in [5.41, 5.74) is 4.63. The summed E-state index contributed by atoms with van der Waals surface area (Å²) in [5.74, 6) is 0.838. The zero-order chi connectivity index (χ0) is 27.8. The molecule has 2 atom stereocenters. The van der Waals surface area contributed by atoms with Gasteiger partial charge < -0.3 is 34.7 Å². The third-order valence-electron chi connectivity index (χ3n) is 5.33. The second-order valence-corrected chi connectivity index (χ2v) is 9.64. The molecule has 13 heteroatoms. The first-order valence-electron chi connectivity index (χ1n) is 11.4. The highest BCUT2D eigenvalue weighted by Gasteiger charge is 2.32. The van der Waals surface area contributed by atoms with Crippen LogP contribution in [0.4, 0.5) is 4.79 Å². The average Bonchev–Trinajstić information content (AvgIpc) is 2.87. The molecule has 0 unspecified atom stereocenters. The number of ether oxygens (including phenoxy) is 4. The summed E-state index contributed by atoms with van der Waals surface area (Å²) < 4.78 is 23.2. The van der Waals surface area contributed by atoms with Crippen molar-refractivity contribution < 1.29 is 33.6 Å². The number of rotatable bonds is 11. The Morgan fingerprint density at radius 1 is 1.18 bits per heavy atom. The molecule has 0 aromatic heterocycles. The number of benzene rings is 2. The number of halogens is 2. The SMILES string of the molecule is CCOc1cc([C@@H]2NC(=O)NC(C)=C2C(=O)OC)ccc1OC[C@H](O)N/N=C\c1cc(Br)c(OC)c(Br)c1. The Hall–Kier alpha value is -3.29. The lowest BCUT2D eigenvalue weighted by Gasteiger charge is -2.28. The monoisotopic (exact) mass is 654 g/mol. The van der Waals surface area contributed by atoms with E-state index in [1.807, 2.05) is 19.1 Å². The van der Waals surface area contributed by atoms with E-state index in [4.69, 9.17) is 18.9 Å². The van der Waals surface area contributed by atoms with Crippen molar-refractivity contribution >= 4 is 50.1 Å². The minimum atomic E-state index is -1.12. The number of esters is 1. The molecule has 0 fully saturated rings. The quantitative estimate of drug-likeness (QED) is 0.124. The van der Waals surface area contributed by atoms with Gasteiger partial charge in [-0.05, 0) is 81.1 Å². The number of allylic oxidation sites excluding steroid dienone is 1. The van der Waals surface area contributed by atoms with Gasteiger partial charge in [-0.25, -0.2) is 9.59 Å². The van der Waals surface area contributed by atoms with E-state index in [2.05, 4.69) is 53.0 Å². The second kappa shape index (κ2) is 13.5. The summed E-state index contributed by atoms with van der Waals surface area (Å²) in [4.78, 5) is 24.5. The molecule has 0 bridgehead atoms. The number of amides is 2. The van der Waals surface area contributed by atoms with E-state index in [1.54, 1.807) is 38.4 Å². The van der Waals surface area contributed by atoms with Crippen LogP contribution in [-0.2, 0) is 9.53 Å². The molecule has 0 saturated heterocycles. The minimum Gasteiger partial charge on any atom is -0.494 e. The van der Waals surface area contributed by atoms with Gasteiger partial charge in [0.15, 0.2) is 17.7 Å². The lowest BCUT2D eigenvalue weighted by molar-refractivity contribution is -0.136. The molecule has 0 aliphatic carbocycles. The Morgan fingerprint density at radius 2 is 1.89 bits per heavy atom. The zero-order valence-electron chi connectivity index (χ0n) is 21.1. The molecule has 2 aromatic carbocycles. The number of carbonyl (C=O) groups excluding carboxylic acids is 2. The molecule has 1 aliphatic heterocycles. The van der Waals surface area contributed by atoms with Gasteiger partial charge in [0.05, 0.1) is 47.6 Å². The number of urea groups is 1. The summed E-state index contributed by atoms with van der Waals surface area (Å²) in [6, 6.07) is 7.46. The molecule has 204 valence electrons. The summed E-state index contributed by atoms with van der Waals surface area (Å²) >= 11 is 6.86. The molecule has 38 heavy (non-hydrogen) atoms. The van der Waals surface area contributed by atoms with Crippen molar-refractivity contribution in [3.05, 3.63) is 61.7 Å². The lowest BCUT2D eigenvalue weighted by atomic mass is 9.95. The number of carbonyl (C=O) groups is 2. The predicted molar refractivity (Wildman–Crippen MR) is 147 cm³/mol. The van der Waals surface area contributed by atoms with E-state index in [-0.39, 0.29) is 12.2 Å². The van der Waals surface area contributed by atoms with E-state index in [9.17, 15) is 14.7 Å². The fraction of sp³-hybridized carbons (Fsp3) is 0.320. The van der Waals surface area contributed by atoms with Gasteiger partial charge in [0.1, 0.15) is 12.4 Å². The maximum atomic E-state index is 12.4. The predicted octanol–water partition coefficient (Wildman–Crippen LogP) is 3.74. The smallest absolute Gasteiger partial charge is 0.337 e. The maximum Gasteiger partial charge on any atom is 0.337 e. The van der Waals surface area contributed by atoms with Gasteiger partial charge in [0.25, 0.3) is 0 Å². The van der Waals surface area contributed by atoms with E-state index < -0.39 is 24.3 Å². The highest BCUT2D eigenvalue weighted by Crippen LogP contribution is 2.35. The van der Waals surface area contributed by atoms with Gasteiger partial charge in [0.2, 0.25) is 0 Å². The van der Waals surface area contributed by atoms with E-state index in [0.29, 0.717) is 35.1 Å². The van der Waals surface area contributed by atoms with Crippen molar-refractivity contribution in [2.24, 2.45) is 5.10 Å². The molecule has 2 amide bonds. The molecule has 1 aliphatic rings. The van der Waals surface area contributed by atoms with Crippen molar-refractivity contribution in [1.29, 1.82) is 0 Å². The van der Waals surface area contributed by atoms with Crippen molar-refractivity contribution in [3.63, 3.8) is 0 Å². The molecule has 0 spiro atoms. The largest absolute Gasteiger partial charge is 0.494 e. The van der Waals surface area contributed by atoms with Crippen LogP contribution in [0.2, 0.25) is 0 Å². The van der Waals surface area contributed by atoms with Crippen LogP contribution >= 0.6 is 31.9 Å². The van der Waals surface area contributed by atoms with E-state index in [0.717, 1.165) is 14.5 Å². The van der Waals surface area contributed by atoms with Crippen molar-refractivity contribution in [1.82, 2.24) is 16.1 Å². The van der Waals surface area contributed by atoms with Gasteiger partial charge in [-0.15, -0.1) is 0 Å². The summed E-state index contributed by atoms with van der Waals surface area (Å²) in [6.45, 7) is 3.65. The third-order valence-corrected chi connectivity index (χ3v) is 6.51. The molecule has 4 N–H and O–H groups in total. The first-order chi connectivity index (χ1) is 18.2. The number of nitrogens with one attached hydrogen (secondary N) is 3. The third kappa shape index (κ3) is 7.17. The van der Waals surface area contributed by atoms with Gasteiger partial charge in [0, 0.05) is 5.70 Å². The highest BCUT2D eigenvalue weighted by molar-refractivity contribution is 9.11. The molecule has 3 rings (SSSR count). The van der Waals surface area contributed by atoms with Gasteiger partial charge in [-0.3, -0.25) is 5.43 Å². The Bertz CT molecular complexity index is 1230. The standard InChI is InChI=1S/C25H28Br2N4O7/c1-5-37-19-10-15(22-21(24(33)36-4)13(2)29-25(34)30-22)6-7-18(19)38-12-20(32)31-28-11-14-8-16(26)23(35-3)17(27)9-14/h6-11,20,22,31-32H,5,12H2,1-4H3,(H2,29,30,34)/b28-11-/t20-,22-/m0/s1. The van der Waals surface area contributed by atoms with Gasteiger partial charge in [-0.1, -0.05) is 6.07 Å². The number of aliphatic hydroxyl groups is 1. The van der Waals surface area contributed by atoms with Crippen LogP contribution in [0, 0.1) is 0 Å². The zero-order valence-corrected chi connectivity index (χ0v) is 24.3. The molecule has 0 radical (unpaired) electrons. The van der Waals surface area contributed by atoms with Crippen LogP contribution in [0.25, 0.3) is 0 Å². The molecule has 1 heterocycles. The lowest BCUT2D eigenvalue weighted by Crippen LogP contribution is -2.45. The molecular formula is C25H28Br2N4O7. The van der Waals surface area contributed by atoms with Crippen molar-refractivity contribution in [3.8, 4) is 17.2 Å². The molecule has 11 nitrogen and oxygen atoms in total. The fourth-order valence-electron chi connectivity index (χ4n) is 3.67. The average molecular weight is 656 g/mol. The molecule has 0 saturated carbocycles. The topological polar surface area (TPSA) is 140 Å². The molecule has 2 aromatic rings. The van der Waals surface area contributed by atoms with Crippen LogP contribution in [0.5, 0.6) is 17.2 Å². The maximum absolute atomic E-state index is 12.4. The Morgan fingerprint density at radius 3 is 2.53 bits per heavy atom. The van der Waals surface area contributed by atoms with Crippen LogP contribution in [0.15, 0.2) is 55.6 Å². The van der Waals surface area contributed by atoms with Crippen molar-refractivity contribution in [2.45, 2.75) is 26.1 Å². The fourth-order valence-corrected chi connectivity index (χ4v) is 5.21. The second-order valence-electron chi connectivity index (χ2n) is 7.93. The number of hydrogen-bond donors (Lipinski definition) is 4. The summed E-state index contributed by atoms with van der Waals surface area (Å²) in [6.07, 6.45) is 0.422. The Labute approximate surface area is 236 Å². The minimum absolute atomic E-state index is 0.136. The molecular weight excluding hydrogens is 628 g/mol. The van der Waals surface area contributed by atoms with Crippen LogP contribution < -0.4 is 30.3 Å². The Balaban J connectivity index is 1.70. The first kappa shape index (κ1) is 29.3. The number of aliphatic hydroxyl groups excluding tert-OH is 1. The number of hydrogen-bond acceptors (Lipinski definition) is 9. The number of hydrazone groups is 1. The number of nitrogens with zero attached hydrogens (tertiary/aromatic N) is 1. The van der Waals surface area contributed by atoms with Crippen LogP contribution in [-0.4, -0.2) is 57.0 Å². The van der Waals surface area contributed by atoms with Gasteiger partial charge in [-0.2, -0.15) is 5.10 Å². The first-order valence-corrected chi connectivity index (χ1v) is 13.0. The van der Waals surface area contributed by atoms with Gasteiger partial charge >= 0.3 is 12.0 Å². The number of methoxy groups -OCH3 is 2. The summed E-state index contributed by atoms with van der Waals surface area (Å²) in [7, 11) is 2.85. The summed E-state index contributed by atoms with van der Waals surface area (Å²) in [5, 5.41) is 19.7. The van der Waals surface area contributed by atoms with E-state index >= 15 is 0 Å². The van der Waals surface area contributed by atoms with Crippen molar-refractivity contribution in [2.75, 3.05) is 27.4 Å². The van der Waals surface area contributed by atoms with Crippen LogP contribution in [0.1, 0.15) is 31.0 Å².